The molecule has 0 saturated heterocycles. The van der Waals surface area contributed by atoms with E-state index in [1.807, 2.05) is 0 Å². The van der Waals surface area contributed by atoms with Crippen molar-refractivity contribution in [2.75, 3.05) is 0 Å². The topological polar surface area (TPSA) is 70.7 Å². The fourth-order valence-corrected chi connectivity index (χ4v) is 2.46. The molecule has 0 spiro atoms. The van der Waals surface area contributed by atoms with Gasteiger partial charge < -0.3 is 5.11 Å². The number of hydrogen-bond donors (Lipinski definition) is 1. The third-order valence-electron chi connectivity index (χ3n) is 3.33. The van der Waals surface area contributed by atoms with Gasteiger partial charge in [-0.05, 0) is 15.9 Å². The van der Waals surface area contributed by atoms with Crippen molar-refractivity contribution in [1.29, 1.82) is 0 Å². The molecule has 2 atom stereocenters. The van der Waals surface area contributed by atoms with Gasteiger partial charge in [0.25, 0.3) is 12.9 Å². The minimum atomic E-state index is -3.43. The molecule has 0 radical (unpaired) electrons. The maximum atomic E-state index is 13.1. The molecular weight excluding hydrogens is 388 g/mol. The Hall–Kier alpha value is -1.49. The number of rotatable bonds is 5. The normalized spacial score (nSPS) is 22.8. The average Bonchev–Trinajstić information content (AvgIpc) is 3.02. The third kappa shape index (κ3) is 3.55. The molecule has 0 saturated carbocycles. The van der Waals surface area contributed by atoms with Gasteiger partial charge in [-0.1, -0.05) is 6.92 Å². The molecule has 0 aromatic carbocycles. The minimum absolute atomic E-state index is 0.0137. The molecule has 1 N–H and O–H groups in total. The average molecular weight is 401 g/mol. The number of aliphatic hydroxyl groups is 1. The van der Waals surface area contributed by atoms with Crippen molar-refractivity contribution in [3.05, 3.63) is 16.9 Å². The SMILES string of the molecule is C[C@H](Cn1cc(Br)cn1)C(=O)N1N=C(C(F)F)C[C@@]1(O)C(F)F. The summed E-state index contributed by atoms with van der Waals surface area (Å²) in [6.07, 6.45) is -4.63. The van der Waals surface area contributed by atoms with Crippen LogP contribution in [0.5, 0.6) is 0 Å². The monoisotopic (exact) mass is 400 g/mol. The molecule has 0 fully saturated rings. The quantitative estimate of drug-likeness (QED) is 0.769. The highest BCUT2D eigenvalue weighted by Gasteiger charge is 2.53. The second-order valence-corrected chi connectivity index (χ2v) is 6.10. The van der Waals surface area contributed by atoms with Gasteiger partial charge in [0.1, 0.15) is 5.71 Å². The molecule has 0 bridgehead atoms. The van der Waals surface area contributed by atoms with E-state index < -0.39 is 42.5 Å². The summed E-state index contributed by atoms with van der Waals surface area (Å²) >= 11 is 3.16. The first-order valence-corrected chi connectivity index (χ1v) is 7.32. The number of carbonyl (C=O) groups is 1. The highest BCUT2D eigenvalue weighted by atomic mass is 79.9. The molecule has 1 aromatic heterocycles. The number of halogens is 5. The molecule has 2 heterocycles. The van der Waals surface area contributed by atoms with Gasteiger partial charge in [0, 0.05) is 12.6 Å². The van der Waals surface area contributed by atoms with Crippen molar-refractivity contribution in [2.45, 2.75) is 38.5 Å². The van der Waals surface area contributed by atoms with Crippen molar-refractivity contribution in [2.24, 2.45) is 11.0 Å². The lowest BCUT2D eigenvalue weighted by molar-refractivity contribution is -0.195. The van der Waals surface area contributed by atoms with Crippen molar-refractivity contribution in [3.63, 3.8) is 0 Å². The van der Waals surface area contributed by atoms with Crippen molar-refractivity contribution >= 4 is 27.5 Å². The van der Waals surface area contributed by atoms with E-state index in [2.05, 4.69) is 26.1 Å². The molecule has 1 aromatic rings. The summed E-state index contributed by atoms with van der Waals surface area (Å²) < 4.78 is 53.6. The molecule has 0 aliphatic carbocycles. The number of amides is 1. The first-order chi connectivity index (χ1) is 10.6. The number of hydrazone groups is 1. The van der Waals surface area contributed by atoms with Gasteiger partial charge in [-0.2, -0.15) is 15.2 Å². The number of nitrogens with zero attached hydrogens (tertiary/aromatic N) is 4. The van der Waals surface area contributed by atoms with E-state index in [0.29, 0.717) is 4.47 Å². The Morgan fingerprint density at radius 3 is 2.61 bits per heavy atom. The molecule has 2 rings (SSSR count). The van der Waals surface area contributed by atoms with Crippen molar-refractivity contribution < 1.29 is 27.5 Å². The lowest BCUT2D eigenvalue weighted by atomic mass is 10.1. The zero-order chi connectivity index (χ0) is 17.4. The van der Waals surface area contributed by atoms with Crippen molar-refractivity contribution in [3.8, 4) is 0 Å². The Balaban J connectivity index is 2.20. The Bertz CT molecular complexity index is 624. The molecule has 1 aliphatic rings. The predicted molar refractivity (Wildman–Crippen MR) is 74.9 cm³/mol. The first kappa shape index (κ1) is 17.9. The van der Waals surface area contributed by atoms with Gasteiger partial charge >= 0.3 is 0 Å². The van der Waals surface area contributed by atoms with E-state index in [0.717, 1.165) is 0 Å². The number of carbonyl (C=O) groups excluding carboxylic acids is 1. The molecule has 1 amide bonds. The summed E-state index contributed by atoms with van der Waals surface area (Å²) in [5.74, 6) is -1.90. The zero-order valence-electron chi connectivity index (χ0n) is 11.8. The van der Waals surface area contributed by atoms with Gasteiger partial charge in [-0.25, -0.2) is 17.6 Å². The Morgan fingerprint density at radius 2 is 2.13 bits per heavy atom. The molecule has 23 heavy (non-hydrogen) atoms. The van der Waals surface area contributed by atoms with Crippen LogP contribution in [0.3, 0.4) is 0 Å². The van der Waals surface area contributed by atoms with Crippen LogP contribution in [-0.2, 0) is 11.3 Å². The fourth-order valence-electron chi connectivity index (χ4n) is 2.13. The standard InChI is InChI=1S/C12H13BrF4N4O2/c1-6(4-20-5-7(13)3-18-20)10(22)21-12(23,11(16)17)2-8(19-21)9(14)15/h3,5-6,9,11,23H,2,4H2,1H3/t6-,12-/m1/s1. The lowest BCUT2D eigenvalue weighted by Crippen LogP contribution is -2.53. The zero-order valence-corrected chi connectivity index (χ0v) is 13.4. The maximum Gasteiger partial charge on any atom is 0.287 e. The van der Waals surface area contributed by atoms with Crippen LogP contribution in [-0.4, -0.2) is 50.1 Å². The first-order valence-electron chi connectivity index (χ1n) is 6.53. The smallest absolute Gasteiger partial charge is 0.287 e. The predicted octanol–water partition coefficient (Wildman–Crippen LogP) is 2.09. The second-order valence-electron chi connectivity index (χ2n) is 5.18. The molecule has 1 aliphatic heterocycles. The van der Waals surface area contributed by atoms with Gasteiger partial charge in [-0.15, -0.1) is 0 Å². The molecule has 11 heteroatoms. The Labute approximate surface area is 136 Å². The highest BCUT2D eigenvalue weighted by Crippen LogP contribution is 2.34. The largest absolute Gasteiger partial charge is 0.364 e. The van der Waals surface area contributed by atoms with Crippen LogP contribution in [0.4, 0.5) is 17.6 Å². The van der Waals surface area contributed by atoms with Crippen LogP contribution in [0.25, 0.3) is 0 Å². The van der Waals surface area contributed by atoms with Gasteiger partial charge in [0.2, 0.25) is 11.6 Å². The van der Waals surface area contributed by atoms with E-state index in [1.54, 1.807) is 6.20 Å². The van der Waals surface area contributed by atoms with Crippen LogP contribution >= 0.6 is 15.9 Å². The summed E-state index contributed by atoms with van der Waals surface area (Å²) in [6, 6.07) is 0. The molecule has 0 unspecified atom stereocenters. The third-order valence-corrected chi connectivity index (χ3v) is 3.74. The summed E-state index contributed by atoms with van der Waals surface area (Å²) in [4.78, 5) is 12.3. The van der Waals surface area contributed by atoms with E-state index in [4.69, 9.17) is 0 Å². The van der Waals surface area contributed by atoms with Crippen LogP contribution in [0.2, 0.25) is 0 Å². The summed E-state index contributed by atoms with van der Waals surface area (Å²) in [6.45, 7) is 1.42. The summed E-state index contributed by atoms with van der Waals surface area (Å²) in [5.41, 5.74) is -4.00. The number of hydrogen-bond acceptors (Lipinski definition) is 4. The molecule has 128 valence electrons. The Kier molecular flexibility index (Phi) is 5.09. The van der Waals surface area contributed by atoms with E-state index in [-0.39, 0.29) is 11.6 Å². The summed E-state index contributed by atoms with van der Waals surface area (Å²) in [5, 5.41) is 17.1. The Morgan fingerprint density at radius 1 is 1.48 bits per heavy atom. The summed E-state index contributed by atoms with van der Waals surface area (Å²) in [7, 11) is 0. The van der Waals surface area contributed by atoms with Crippen LogP contribution < -0.4 is 0 Å². The number of alkyl halides is 4. The second kappa shape index (κ2) is 6.56. The van der Waals surface area contributed by atoms with Crippen LogP contribution in [0.1, 0.15) is 13.3 Å². The van der Waals surface area contributed by atoms with E-state index in [9.17, 15) is 27.5 Å². The van der Waals surface area contributed by atoms with Gasteiger partial charge in [0.15, 0.2) is 0 Å². The van der Waals surface area contributed by atoms with Crippen LogP contribution in [0.15, 0.2) is 22.0 Å². The van der Waals surface area contributed by atoms with Gasteiger partial charge in [-0.3, -0.25) is 9.48 Å². The molecular formula is C12H13BrF4N4O2. The van der Waals surface area contributed by atoms with Crippen LogP contribution in [0, 0.1) is 5.92 Å². The van der Waals surface area contributed by atoms with E-state index in [1.165, 1.54) is 17.8 Å². The lowest BCUT2D eigenvalue weighted by Gasteiger charge is -2.31. The highest BCUT2D eigenvalue weighted by molar-refractivity contribution is 9.10. The minimum Gasteiger partial charge on any atom is -0.364 e. The fraction of sp³-hybridized carbons (Fsp3) is 0.583. The molecule has 6 nitrogen and oxygen atoms in total. The van der Waals surface area contributed by atoms with Gasteiger partial charge in [0.05, 0.1) is 23.1 Å². The maximum absolute atomic E-state index is 13.1. The van der Waals surface area contributed by atoms with Crippen molar-refractivity contribution in [1.82, 2.24) is 14.8 Å². The van der Waals surface area contributed by atoms with E-state index >= 15 is 0 Å². The number of aromatic nitrogens is 2.